The van der Waals surface area contributed by atoms with E-state index in [9.17, 15) is 9.50 Å². The molecule has 1 atom stereocenters. The molecule has 1 aliphatic rings. The Morgan fingerprint density at radius 2 is 2.06 bits per heavy atom. The summed E-state index contributed by atoms with van der Waals surface area (Å²) in [6.07, 6.45) is 4.34. The van der Waals surface area contributed by atoms with Crippen LogP contribution in [0.2, 0.25) is 0 Å². The average Bonchev–Trinajstić information content (AvgIpc) is 2.82. The molecule has 0 saturated heterocycles. The van der Waals surface area contributed by atoms with Gasteiger partial charge >= 0.3 is 0 Å². The van der Waals surface area contributed by atoms with Gasteiger partial charge in [-0.1, -0.05) is 18.9 Å². The van der Waals surface area contributed by atoms with Crippen molar-refractivity contribution in [1.29, 1.82) is 5.26 Å². The van der Waals surface area contributed by atoms with Gasteiger partial charge in [0.2, 0.25) is 0 Å². The molecule has 2 rings (SSSR count). The predicted molar refractivity (Wildman–Crippen MR) is 61.7 cm³/mol. The van der Waals surface area contributed by atoms with Gasteiger partial charge in [-0.15, -0.1) is 0 Å². The minimum atomic E-state index is -0.702. The molecular formula is C13H15FN2O. The number of nitriles is 1. The molecular weight excluding hydrogens is 219 g/mol. The molecule has 1 aliphatic carbocycles. The molecule has 1 saturated carbocycles. The van der Waals surface area contributed by atoms with E-state index in [1.165, 1.54) is 12.1 Å². The third-order valence-corrected chi connectivity index (χ3v) is 3.54. The fourth-order valence-corrected chi connectivity index (χ4v) is 2.53. The maximum Gasteiger partial charge on any atom is 0.144 e. The minimum absolute atomic E-state index is 0.299. The molecule has 0 heterocycles. The van der Waals surface area contributed by atoms with E-state index in [4.69, 9.17) is 11.0 Å². The number of benzene rings is 1. The number of halogens is 1. The van der Waals surface area contributed by atoms with Crippen molar-refractivity contribution in [3.63, 3.8) is 0 Å². The molecule has 1 aromatic rings. The summed E-state index contributed by atoms with van der Waals surface area (Å²) in [5.41, 5.74) is 6.25. The van der Waals surface area contributed by atoms with E-state index in [1.54, 1.807) is 6.07 Å². The lowest BCUT2D eigenvalue weighted by Crippen LogP contribution is -2.19. The number of nitrogens with zero attached hydrogens (tertiary/aromatic N) is 1. The van der Waals surface area contributed by atoms with Crippen molar-refractivity contribution in [2.24, 2.45) is 11.7 Å². The Morgan fingerprint density at radius 3 is 2.65 bits per heavy atom. The summed E-state index contributed by atoms with van der Waals surface area (Å²) in [6.45, 7) is 0. The molecule has 3 N–H and O–H groups in total. The van der Waals surface area contributed by atoms with Crippen LogP contribution in [0.5, 0.6) is 5.75 Å². The average molecular weight is 234 g/mol. The van der Waals surface area contributed by atoms with Gasteiger partial charge < -0.3 is 10.8 Å². The molecule has 3 nitrogen and oxygen atoms in total. The van der Waals surface area contributed by atoms with E-state index in [-0.39, 0.29) is 17.4 Å². The molecule has 1 aromatic carbocycles. The number of nitrogens with two attached hydrogens (primary N) is 1. The molecule has 0 bridgehead atoms. The van der Waals surface area contributed by atoms with E-state index >= 15 is 0 Å². The molecule has 0 spiro atoms. The van der Waals surface area contributed by atoms with Crippen LogP contribution in [0.1, 0.15) is 42.9 Å². The number of hydrogen-bond donors (Lipinski definition) is 2. The Labute approximate surface area is 99.7 Å². The largest absolute Gasteiger partial charge is 0.506 e. The zero-order chi connectivity index (χ0) is 12.4. The third-order valence-electron chi connectivity index (χ3n) is 3.54. The van der Waals surface area contributed by atoms with Gasteiger partial charge in [-0.3, -0.25) is 0 Å². The van der Waals surface area contributed by atoms with E-state index < -0.39 is 5.82 Å². The number of phenolic OH excluding ortho intramolecular Hbond substituents is 1. The van der Waals surface area contributed by atoms with Crippen molar-refractivity contribution in [2.45, 2.75) is 31.7 Å². The lowest BCUT2D eigenvalue weighted by atomic mass is 9.91. The van der Waals surface area contributed by atoms with Crippen LogP contribution in [0.4, 0.5) is 4.39 Å². The number of hydrogen-bond acceptors (Lipinski definition) is 3. The highest BCUT2D eigenvalue weighted by atomic mass is 19.1. The zero-order valence-corrected chi connectivity index (χ0v) is 9.49. The van der Waals surface area contributed by atoms with E-state index in [0.717, 1.165) is 25.7 Å². The molecule has 1 fully saturated rings. The van der Waals surface area contributed by atoms with Gasteiger partial charge in [0, 0.05) is 11.6 Å². The normalized spacial score (nSPS) is 17.9. The maximum absolute atomic E-state index is 13.2. The van der Waals surface area contributed by atoms with Crippen LogP contribution in [0.15, 0.2) is 12.1 Å². The molecule has 4 heteroatoms. The highest BCUT2D eigenvalue weighted by Crippen LogP contribution is 2.38. The summed E-state index contributed by atoms with van der Waals surface area (Å²) in [5, 5.41) is 18.6. The summed E-state index contributed by atoms with van der Waals surface area (Å²) in [4.78, 5) is 0. The Morgan fingerprint density at radius 1 is 1.41 bits per heavy atom. The summed E-state index contributed by atoms with van der Waals surface area (Å²) < 4.78 is 13.2. The summed E-state index contributed by atoms with van der Waals surface area (Å²) in [5.74, 6) is -0.683. The van der Waals surface area contributed by atoms with E-state index in [0.29, 0.717) is 11.5 Å². The summed E-state index contributed by atoms with van der Waals surface area (Å²) in [7, 11) is 0. The molecule has 0 aliphatic heterocycles. The molecule has 90 valence electrons. The fraction of sp³-hybridized carbons (Fsp3) is 0.462. The van der Waals surface area contributed by atoms with Gasteiger partial charge in [-0.25, -0.2) is 4.39 Å². The van der Waals surface area contributed by atoms with Gasteiger partial charge in [0.1, 0.15) is 23.2 Å². The first-order valence-corrected chi connectivity index (χ1v) is 5.82. The van der Waals surface area contributed by atoms with Gasteiger partial charge in [0.05, 0.1) is 0 Å². The summed E-state index contributed by atoms with van der Waals surface area (Å²) >= 11 is 0. The van der Waals surface area contributed by atoms with Crippen LogP contribution < -0.4 is 5.73 Å². The lowest BCUT2D eigenvalue weighted by molar-refractivity contribution is 0.408. The Bertz CT molecular complexity index is 461. The second kappa shape index (κ2) is 4.72. The van der Waals surface area contributed by atoms with Crippen molar-refractivity contribution in [3.05, 3.63) is 29.1 Å². The SMILES string of the molecule is N#Cc1c(F)ccc([C@@H](N)C2CCCC2)c1O. The van der Waals surface area contributed by atoms with Gasteiger partial charge in [-0.2, -0.15) is 5.26 Å². The van der Waals surface area contributed by atoms with Crippen molar-refractivity contribution in [2.75, 3.05) is 0 Å². The molecule has 17 heavy (non-hydrogen) atoms. The van der Waals surface area contributed by atoms with Gasteiger partial charge in [-0.05, 0) is 24.8 Å². The molecule has 0 amide bonds. The monoisotopic (exact) mass is 234 g/mol. The topological polar surface area (TPSA) is 70.0 Å². The fourth-order valence-electron chi connectivity index (χ4n) is 2.53. The van der Waals surface area contributed by atoms with Crippen LogP contribution in [-0.2, 0) is 0 Å². The second-order valence-electron chi connectivity index (χ2n) is 4.54. The molecule has 0 unspecified atom stereocenters. The zero-order valence-electron chi connectivity index (χ0n) is 9.49. The van der Waals surface area contributed by atoms with E-state index in [1.807, 2.05) is 0 Å². The van der Waals surface area contributed by atoms with Crippen LogP contribution in [0.3, 0.4) is 0 Å². The second-order valence-corrected chi connectivity index (χ2v) is 4.54. The quantitative estimate of drug-likeness (QED) is 0.826. The number of rotatable bonds is 2. The van der Waals surface area contributed by atoms with Gasteiger partial charge in [0.15, 0.2) is 0 Å². The van der Waals surface area contributed by atoms with E-state index in [2.05, 4.69) is 0 Å². The van der Waals surface area contributed by atoms with Crippen molar-refractivity contribution >= 4 is 0 Å². The minimum Gasteiger partial charge on any atom is -0.506 e. The highest BCUT2D eigenvalue weighted by Gasteiger charge is 2.26. The molecule has 0 radical (unpaired) electrons. The van der Waals surface area contributed by atoms with Crippen LogP contribution in [0, 0.1) is 23.1 Å². The van der Waals surface area contributed by atoms with Gasteiger partial charge in [0.25, 0.3) is 0 Å². The maximum atomic E-state index is 13.2. The Balaban J connectivity index is 2.35. The first-order valence-electron chi connectivity index (χ1n) is 5.82. The van der Waals surface area contributed by atoms with Crippen LogP contribution in [0.25, 0.3) is 0 Å². The van der Waals surface area contributed by atoms with Crippen molar-refractivity contribution < 1.29 is 9.50 Å². The molecule has 0 aromatic heterocycles. The Hall–Kier alpha value is -1.60. The number of phenols is 1. The van der Waals surface area contributed by atoms with Crippen LogP contribution >= 0.6 is 0 Å². The van der Waals surface area contributed by atoms with Crippen LogP contribution in [-0.4, -0.2) is 5.11 Å². The standard InChI is InChI=1S/C13H15FN2O/c14-11-6-5-9(13(17)10(11)7-15)12(16)8-3-1-2-4-8/h5-6,8,12,17H,1-4,16H2/t12-/m0/s1. The predicted octanol–water partition coefficient (Wildman–Crippen LogP) is 2.59. The first-order chi connectivity index (χ1) is 8.15. The number of aromatic hydroxyl groups is 1. The summed E-state index contributed by atoms with van der Waals surface area (Å²) in [6, 6.07) is 4.03. The lowest BCUT2D eigenvalue weighted by Gasteiger charge is -2.20. The first kappa shape index (κ1) is 11.9. The van der Waals surface area contributed by atoms with Crippen molar-refractivity contribution in [3.8, 4) is 11.8 Å². The smallest absolute Gasteiger partial charge is 0.144 e. The highest BCUT2D eigenvalue weighted by molar-refractivity contribution is 5.49. The third kappa shape index (κ3) is 2.11. The van der Waals surface area contributed by atoms with Crippen molar-refractivity contribution in [1.82, 2.24) is 0 Å². The Kier molecular flexibility index (Phi) is 3.30.